The first-order valence-corrected chi connectivity index (χ1v) is 27.2. The molecule has 0 bridgehead atoms. The molecule has 0 fully saturated rings. The summed E-state index contributed by atoms with van der Waals surface area (Å²) in [4.78, 5) is 5.34. The van der Waals surface area contributed by atoms with Gasteiger partial charge < -0.3 is 9.80 Å². The molecule has 2 heterocycles. The van der Waals surface area contributed by atoms with E-state index in [1.54, 1.807) is 0 Å². The molecule has 11 aromatic carbocycles. The van der Waals surface area contributed by atoms with E-state index in [0.29, 0.717) is 0 Å². The van der Waals surface area contributed by atoms with Gasteiger partial charge in [-0.25, -0.2) is 0 Å². The van der Waals surface area contributed by atoms with Crippen molar-refractivity contribution >= 4 is 111 Å². The van der Waals surface area contributed by atoms with Crippen molar-refractivity contribution in [1.29, 1.82) is 0 Å². The lowest BCUT2D eigenvalue weighted by Crippen LogP contribution is -2.61. The fourth-order valence-corrected chi connectivity index (χ4v) is 12.3. The summed E-state index contributed by atoms with van der Waals surface area (Å²) >= 11 is 0. The van der Waals surface area contributed by atoms with E-state index in [9.17, 15) is 0 Å². The maximum absolute atomic E-state index is 2.67. The molecule has 0 saturated carbocycles. The molecule has 0 spiro atoms. The van der Waals surface area contributed by atoms with Gasteiger partial charge in [-0.3, -0.25) is 0 Å². The third kappa shape index (κ3) is 7.75. The summed E-state index contributed by atoms with van der Waals surface area (Å²) in [7, 11) is 0. The summed E-state index contributed by atoms with van der Waals surface area (Å²) in [5.74, 6) is 0. The van der Waals surface area contributed by atoms with Crippen molar-refractivity contribution in [3.05, 3.63) is 210 Å². The van der Waals surface area contributed by atoms with Gasteiger partial charge in [0.05, 0.1) is 0 Å². The Bertz CT molecular complexity index is 3890. The minimum atomic E-state index is -0.0904. The molecule has 2 aliphatic heterocycles. The molecule has 0 saturated heterocycles. The monoisotopic (exact) mass is 971 g/mol. The summed E-state index contributed by atoms with van der Waals surface area (Å²) in [6, 6.07) is 73.2. The number of rotatable bonds is 3. The van der Waals surface area contributed by atoms with Gasteiger partial charge in [-0.2, -0.15) is 0 Å². The van der Waals surface area contributed by atoms with E-state index in [2.05, 4.69) is 281 Å². The number of hydrogen-bond acceptors (Lipinski definition) is 2. The maximum Gasteiger partial charge on any atom is 0.252 e. The molecule has 0 aliphatic carbocycles. The van der Waals surface area contributed by atoms with Crippen LogP contribution in [0.15, 0.2) is 188 Å². The standard InChI is InChI=1S/C72H67BN2/c1-69(2,3)52-36-53(70(4,5)6)39-56(38-52)74-64-42-60-49(29-26-45-20-15-17-23-58(45)60)32-62(64)73-63-33-50-30-27-46-21-16-18-24-59(46)61(50)43-65(63)75(57-40-54(71(7,8)9)37-55(41-57)72(10,11)12)67-35-51(34-66(74)68(67)73)48-28-25-44-19-13-14-22-47(44)31-48/h13-43H,1-12H3. The van der Waals surface area contributed by atoms with Crippen LogP contribution in [0.25, 0.3) is 65.0 Å². The van der Waals surface area contributed by atoms with E-state index < -0.39 is 0 Å². The molecule has 368 valence electrons. The molecule has 0 aromatic heterocycles. The minimum absolute atomic E-state index is 0.0781. The molecule has 2 nitrogen and oxygen atoms in total. The predicted octanol–water partition coefficient (Wildman–Crippen LogP) is 18.4. The fraction of sp³-hybridized carbons (Fsp3) is 0.222. The second kappa shape index (κ2) is 16.4. The van der Waals surface area contributed by atoms with Crippen molar-refractivity contribution in [3.8, 4) is 11.1 Å². The summed E-state index contributed by atoms with van der Waals surface area (Å²) in [6.45, 7) is 28.3. The average Bonchev–Trinajstić information content (AvgIpc) is 3.39. The summed E-state index contributed by atoms with van der Waals surface area (Å²) in [5, 5.41) is 12.6. The Morgan fingerprint density at radius 1 is 0.280 bits per heavy atom. The van der Waals surface area contributed by atoms with Crippen molar-refractivity contribution in [1.82, 2.24) is 0 Å². The normalized spacial score (nSPS) is 13.8. The van der Waals surface area contributed by atoms with Crippen LogP contribution in [-0.2, 0) is 21.7 Å². The Hall–Kier alpha value is -7.62. The number of nitrogens with zero attached hydrogens (tertiary/aromatic N) is 2. The quantitative estimate of drug-likeness (QED) is 0.129. The highest BCUT2D eigenvalue weighted by atomic mass is 15.2. The Labute approximate surface area is 444 Å². The average molecular weight is 971 g/mol. The van der Waals surface area contributed by atoms with Gasteiger partial charge in [0, 0.05) is 34.1 Å². The van der Waals surface area contributed by atoms with Crippen LogP contribution in [0.4, 0.5) is 34.1 Å². The van der Waals surface area contributed by atoms with Crippen molar-refractivity contribution in [2.45, 2.75) is 105 Å². The lowest BCUT2D eigenvalue weighted by atomic mass is 9.33. The van der Waals surface area contributed by atoms with Crippen molar-refractivity contribution in [2.75, 3.05) is 9.80 Å². The molecule has 11 aromatic rings. The molecule has 0 amide bonds. The Balaban J connectivity index is 1.23. The summed E-state index contributed by atoms with van der Waals surface area (Å²) < 4.78 is 0. The van der Waals surface area contributed by atoms with E-state index in [4.69, 9.17) is 0 Å². The first kappa shape index (κ1) is 47.1. The van der Waals surface area contributed by atoms with Gasteiger partial charge >= 0.3 is 0 Å². The molecule has 0 unspecified atom stereocenters. The van der Waals surface area contributed by atoms with Gasteiger partial charge in [0.2, 0.25) is 0 Å². The SMILES string of the molecule is CC(C)(C)c1cc(N2c3cc4c(ccc5ccccc54)cc3B3c4cc5ccc6ccccc6c5cc4N(c4cc(C(C)(C)C)cc(C(C)(C)C)c4)c4cc(-c5ccc6ccccc6c5)cc2c43)cc(C(C)(C)C)c1. The van der Waals surface area contributed by atoms with Crippen LogP contribution in [0.3, 0.4) is 0 Å². The summed E-state index contributed by atoms with van der Waals surface area (Å²) in [5.41, 5.74) is 18.6. The van der Waals surface area contributed by atoms with Crippen LogP contribution >= 0.6 is 0 Å². The molecule has 75 heavy (non-hydrogen) atoms. The van der Waals surface area contributed by atoms with E-state index in [1.165, 1.54) is 138 Å². The van der Waals surface area contributed by atoms with Crippen LogP contribution in [0.5, 0.6) is 0 Å². The largest absolute Gasteiger partial charge is 0.311 e. The number of anilines is 6. The third-order valence-electron chi connectivity index (χ3n) is 16.7. The van der Waals surface area contributed by atoms with Crippen molar-refractivity contribution < 1.29 is 0 Å². The predicted molar refractivity (Wildman–Crippen MR) is 328 cm³/mol. The highest BCUT2D eigenvalue weighted by Gasteiger charge is 2.45. The van der Waals surface area contributed by atoms with Crippen molar-refractivity contribution in [3.63, 3.8) is 0 Å². The number of benzene rings is 11. The second-order valence-corrected chi connectivity index (χ2v) is 26.0. The van der Waals surface area contributed by atoms with Crippen LogP contribution < -0.4 is 26.2 Å². The molecular weight excluding hydrogens is 904 g/mol. The zero-order chi connectivity index (χ0) is 52.1. The first-order valence-electron chi connectivity index (χ1n) is 27.2. The highest BCUT2D eigenvalue weighted by molar-refractivity contribution is 7.00. The van der Waals surface area contributed by atoms with Gasteiger partial charge in [-0.1, -0.05) is 217 Å². The van der Waals surface area contributed by atoms with E-state index in [0.717, 1.165) is 0 Å². The lowest BCUT2D eigenvalue weighted by molar-refractivity contribution is 0.568. The van der Waals surface area contributed by atoms with Crippen LogP contribution in [0, 0.1) is 0 Å². The van der Waals surface area contributed by atoms with Gasteiger partial charge in [-0.15, -0.1) is 0 Å². The van der Waals surface area contributed by atoms with Crippen LogP contribution in [-0.4, -0.2) is 6.71 Å². The molecule has 0 radical (unpaired) electrons. The highest BCUT2D eigenvalue weighted by Crippen LogP contribution is 2.50. The van der Waals surface area contributed by atoms with Crippen LogP contribution in [0.2, 0.25) is 0 Å². The molecular formula is C72H67BN2. The second-order valence-electron chi connectivity index (χ2n) is 26.0. The zero-order valence-corrected chi connectivity index (χ0v) is 45.9. The smallest absolute Gasteiger partial charge is 0.252 e. The van der Waals surface area contributed by atoms with E-state index >= 15 is 0 Å². The van der Waals surface area contributed by atoms with Crippen molar-refractivity contribution in [2.24, 2.45) is 0 Å². The van der Waals surface area contributed by atoms with Gasteiger partial charge in [-0.05, 0) is 180 Å². The third-order valence-corrected chi connectivity index (χ3v) is 16.7. The maximum atomic E-state index is 2.67. The first-order chi connectivity index (χ1) is 35.7. The number of fused-ring (bicyclic) bond motifs is 11. The molecule has 2 aliphatic rings. The topological polar surface area (TPSA) is 6.48 Å². The molecule has 0 atom stereocenters. The van der Waals surface area contributed by atoms with Gasteiger partial charge in [0.15, 0.2) is 0 Å². The minimum Gasteiger partial charge on any atom is -0.311 e. The fourth-order valence-electron chi connectivity index (χ4n) is 12.3. The molecule has 3 heteroatoms. The Morgan fingerprint density at radius 3 is 1.08 bits per heavy atom. The lowest BCUT2D eigenvalue weighted by Gasteiger charge is -2.45. The molecule has 0 N–H and O–H groups in total. The van der Waals surface area contributed by atoms with Gasteiger partial charge in [0.1, 0.15) is 0 Å². The Morgan fingerprint density at radius 2 is 0.653 bits per heavy atom. The number of hydrogen-bond donors (Lipinski definition) is 0. The summed E-state index contributed by atoms with van der Waals surface area (Å²) in [6.07, 6.45) is 0. The van der Waals surface area contributed by atoms with Gasteiger partial charge in [0.25, 0.3) is 6.71 Å². The zero-order valence-electron chi connectivity index (χ0n) is 45.9. The van der Waals surface area contributed by atoms with E-state index in [-0.39, 0.29) is 28.4 Å². The van der Waals surface area contributed by atoms with E-state index in [1.807, 2.05) is 0 Å². The Kier molecular flexibility index (Phi) is 10.3. The molecule has 13 rings (SSSR count). The van der Waals surface area contributed by atoms with Crippen LogP contribution in [0.1, 0.15) is 105 Å².